The Kier molecular flexibility index (Phi) is 5.14. The highest BCUT2D eigenvalue weighted by atomic mass is 32.2. The van der Waals surface area contributed by atoms with E-state index >= 15 is 0 Å². The SMILES string of the molecule is COc1ccc(SC2CCCCCC2C(=O)O)cc1. The van der Waals surface area contributed by atoms with Gasteiger partial charge < -0.3 is 9.84 Å². The second-order valence-electron chi connectivity index (χ2n) is 4.91. The molecular weight excluding hydrogens is 260 g/mol. The van der Waals surface area contributed by atoms with Crippen LogP contribution >= 0.6 is 11.8 Å². The maximum Gasteiger partial charge on any atom is 0.307 e. The Labute approximate surface area is 118 Å². The fourth-order valence-corrected chi connectivity index (χ4v) is 3.87. The van der Waals surface area contributed by atoms with Crippen molar-refractivity contribution in [1.29, 1.82) is 0 Å². The van der Waals surface area contributed by atoms with Gasteiger partial charge >= 0.3 is 5.97 Å². The minimum absolute atomic E-state index is 0.188. The summed E-state index contributed by atoms with van der Waals surface area (Å²) in [6, 6.07) is 7.87. The number of methoxy groups -OCH3 is 1. The molecule has 3 nitrogen and oxygen atoms in total. The zero-order chi connectivity index (χ0) is 13.7. The topological polar surface area (TPSA) is 46.5 Å². The molecule has 0 saturated heterocycles. The van der Waals surface area contributed by atoms with Gasteiger partial charge in [0.2, 0.25) is 0 Å². The van der Waals surface area contributed by atoms with Gasteiger partial charge in [-0.1, -0.05) is 19.3 Å². The van der Waals surface area contributed by atoms with E-state index in [1.165, 1.54) is 0 Å². The number of rotatable bonds is 4. The van der Waals surface area contributed by atoms with Crippen LogP contribution in [0.1, 0.15) is 32.1 Å². The maximum absolute atomic E-state index is 11.4. The van der Waals surface area contributed by atoms with E-state index < -0.39 is 5.97 Å². The van der Waals surface area contributed by atoms with Crippen molar-refractivity contribution in [3.63, 3.8) is 0 Å². The molecule has 0 aromatic heterocycles. The van der Waals surface area contributed by atoms with E-state index in [1.807, 2.05) is 24.3 Å². The molecule has 2 atom stereocenters. The van der Waals surface area contributed by atoms with E-state index in [-0.39, 0.29) is 11.2 Å². The molecule has 1 fully saturated rings. The Balaban J connectivity index is 2.06. The van der Waals surface area contributed by atoms with E-state index in [9.17, 15) is 9.90 Å². The molecule has 0 amide bonds. The third-order valence-electron chi connectivity index (χ3n) is 3.62. The summed E-state index contributed by atoms with van der Waals surface area (Å²) in [6.45, 7) is 0. The quantitative estimate of drug-likeness (QED) is 0.852. The number of carboxylic acids is 1. The third kappa shape index (κ3) is 3.90. The number of carbonyl (C=O) groups is 1. The summed E-state index contributed by atoms with van der Waals surface area (Å²) in [5.41, 5.74) is 0. The molecule has 1 aliphatic rings. The number of ether oxygens (including phenoxy) is 1. The number of carboxylic acid groups (broad SMARTS) is 1. The Morgan fingerprint density at radius 1 is 1.21 bits per heavy atom. The van der Waals surface area contributed by atoms with Gasteiger partial charge in [0.05, 0.1) is 13.0 Å². The summed E-state index contributed by atoms with van der Waals surface area (Å²) >= 11 is 1.70. The molecule has 0 heterocycles. The van der Waals surface area contributed by atoms with Crippen molar-refractivity contribution in [3.05, 3.63) is 24.3 Å². The summed E-state index contributed by atoms with van der Waals surface area (Å²) in [5.74, 6) is -0.0254. The Bertz CT molecular complexity index is 416. The third-order valence-corrected chi connectivity index (χ3v) is 5.03. The van der Waals surface area contributed by atoms with Crippen LogP contribution in [-0.4, -0.2) is 23.4 Å². The second-order valence-corrected chi connectivity index (χ2v) is 6.23. The summed E-state index contributed by atoms with van der Waals surface area (Å²) in [4.78, 5) is 12.5. The molecule has 2 rings (SSSR count). The van der Waals surface area contributed by atoms with Crippen LogP contribution in [0.2, 0.25) is 0 Å². The molecule has 1 aromatic rings. The molecule has 0 radical (unpaired) electrons. The van der Waals surface area contributed by atoms with Gasteiger partial charge in [-0.25, -0.2) is 0 Å². The lowest BCUT2D eigenvalue weighted by molar-refractivity contribution is -0.141. The summed E-state index contributed by atoms with van der Waals surface area (Å²) in [6.07, 6.45) is 5.13. The van der Waals surface area contributed by atoms with Crippen LogP contribution in [0.4, 0.5) is 0 Å². The van der Waals surface area contributed by atoms with Gasteiger partial charge in [-0.3, -0.25) is 4.79 Å². The molecule has 19 heavy (non-hydrogen) atoms. The van der Waals surface area contributed by atoms with E-state index in [4.69, 9.17) is 4.74 Å². The zero-order valence-electron chi connectivity index (χ0n) is 11.2. The molecule has 0 aliphatic heterocycles. The first kappa shape index (κ1) is 14.3. The van der Waals surface area contributed by atoms with E-state index in [0.717, 1.165) is 42.7 Å². The van der Waals surface area contributed by atoms with Gasteiger partial charge in [0.1, 0.15) is 5.75 Å². The minimum atomic E-state index is -0.645. The van der Waals surface area contributed by atoms with Crippen molar-refractivity contribution in [3.8, 4) is 5.75 Å². The summed E-state index contributed by atoms with van der Waals surface area (Å²) in [5, 5.41) is 9.55. The fraction of sp³-hybridized carbons (Fsp3) is 0.533. The first-order valence-corrected chi connectivity index (χ1v) is 7.62. The standard InChI is InChI=1S/C15H20O3S/c1-18-11-7-9-12(10-8-11)19-14-6-4-2-3-5-13(14)15(16)17/h7-10,13-14H,2-6H2,1H3,(H,16,17). The number of hydrogen-bond acceptors (Lipinski definition) is 3. The zero-order valence-corrected chi connectivity index (χ0v) is 12.0. The van der Waals surface area contributed by atoms with Gasteiger partial charge in [0.25, 0.3) is 0 Å². The molecule has 1 N–H and O–H groups in total. The number of aliphatic carboxylic acids is 1. The lowest BCUT2D eigenvalue weighted by atomic mass is 10.0. The van der Waals surface area contributed by atoms with Crippen LogP contribution in [0.15, 0.2) is 29.2 Å². The first-order valence-electron chi connectivity index (χ1n) is 6.74. The van der Waals surface area contributed by atoms with Crippen molar-refractivity contribution >= 4 is 17.7 Å². The maximum atomic E-state index is 11.4. The Morgan fingerprint density at radius 2 is 1.89 bits per heavy atom. The highest BCUT2D eigenvalue weighted by Crippen LogP contribution is 2.37. The molecule has 0 bridgehead atoms. The van der Waals surface area contributed by atoms with E-state index in [1.54, 1.807) is 18.9 Å². The molecular formula is C15H20O3S. The summed E-state index contributed by atoms with van der Waals surface area (Å²) < 4.78 is 5.14. The molecule has 1 aromatic carbocycles. The molecule has 1 saturated carbocycles. The molecule has 2 unspecified atom stereocenters. The minimum Gasteiger partial charge on any atom is -0.497 e. The highest BCUT2D eigenvalue weighted by molar-refractivity contribution is 8.00. The van der Waals surface area contributed by atoms with Crippen LogP contribution < -0.4 is 4.74 Å². The van der Waals surface area contributed by atoms with Crippen LogP contribution in [0.5, 0.6) is 5.75 Å². The van der Waals surface area contributed by atoms with Crippen molar-refractivity contribution in [2.45, 2.75) is 42.2 Å². The lowest BCUT2D eigenvalue weighted by Gasteiger charge is -2.21. The highest BCUT2D eigenvalue weighted by Gasteiger charge is 2.30. The molecule has 0 spiro atoms. The number of thioether (sulfide) groups is 1. The van der Waals surface area contributed by atoms with Crippen molar-refractivity contribution in [1.82, 2.24) is 0 Å². The molecule has 1 aliphatic carbocycles. The van der Waals surface area contributed by atoms with Crippen LogP contribution in [0.3, 0.4) is 0 Å². The van der Waals surface area contributed by atoms with Crippen LogP contribution in [0, 0.1) is 5.92 Å². The van der Waals surface area contributed by atoms with Crippen LogP contribution in [-0.2, 0) is 4.79 Å². The predicted molar refractivity (Wildman–Crippen MR) is 76.8 cm³/mol. The average molecular weight is 280 g/mol. The largest absolute Gasteiger partial charge is 0.497 e. The van der Waals surface area contributed by atoms with E-state index in [2.05, 4.69) is 0 Å². The molecule has 104 valence electrons. The number of benzene rings is 1. The van der Waals surface area contributed by atoms with Gasteiger partial charge in [0, 0.05) is 10.1 Å². The predicted octanol–water partition coefficient (Wildman–Crippen LogP) is 3.82. The normalized spacial score (nSPS) is 23.6. The lowest BCUT2D eigenvalue weighted by Crippen LogP contribution is -2.24. The Hall–Kier alpha value is -1.16. The van der Waals surface area contributed by atoms with Crippen LogP contribution in [0.25, 0.3) is 0 Å². The van der Waals surface area contributed by atoms with Crippen molar-refractivity contribution in [2.75, 3.05) is 7.11 Å². The van der Waals surface area contributed by atoms with E-state index in [0.29, 0.717) is 0 Å². The van der Waals surface area contributed by atoms with Gasteiger partial charge in [-0.2, -0.15) is 0 Å². The number of hydrogen-bond donors (Lipinski definition) is 1. The monoisotopic (exact) mass is 280 g/mol. The van der Waals surface area contributed by atoms with Gasteiger partial charge in [-0.15, -0.1) is 11.8 Å². The average Bonchev–Trinajstić information content (AvgIpc) is 2.65. The van der Waals surface area contributed by atoms with Gasteiger partial charge in [0.15, 0.2) is 0 Å². The Morgan fingerprint density at radius 3 is 2.53 bits per heavy atom. The summed E-state index contributed by atoms with van der Waals surface area (Å²) in [7, 11) is 1.65. The smallest absolute Gasteiger partial charge is 0.307 e. The molecule has 4 heteroatoms. The van der Waals surface area contributed by atoms with Gasteiger partial charge in [-0.05, 0) is 37.1 Å². The fourth-order valence-electron chi connectivity index (χ4n) is 2.53. The first-order chi connectivity index (χ1) is 9.20. The van der Waals surface area contributed by atoms with Crippen molar-refractivity contribution < 1.29 is 14.6 Å². The second kappa shape index (κ2) is 6.85. The van der Waals surface area contributed by atoms with Crippen molar-refractivity contribution in [2.24, 2.45) is 5.92 Å².